The Kier molecular flexibility index (Phi) is 5.80. The van der Waals surface area contributed by atoms with E-state index in [1.165, 1.54) is 0 Å². The van der Waals surface area contributed by atoms with E-state index in [2.05, 4.69) is 0 Å². The van der Waals surface area contributed by atoms with Gasteiger partial charge < -0.3 is 20.1 Å². The molecule has 0 aromatic heterocycles. The maximum Gasteiger partial charge on any atom is 0.410 e. The summed E-state index contributed by atoms with van der Waals surface area (Å²) in [5.74, 6) is -0.295. The largest absolute Gasteiger partial charge is 0.465 e. The first-order chi connectivity index (χ1) is 9.24. The molecular weight excluding hydrogens is 260 g/mol. The molecule has 1 fully saturated rings. The quantitative estimate of drug-likeness (QED) is 0.795. The Hall–Kier alpha value is -1.30. The molecule has 2 N–H and O–H groups in total. The van der Waals surface area contributed by atoms with Crippen molar-refractivity contribution >= 4 is 12.1 Å². The Balaban J connectivity index is 2.43. The van der Waals surface area contributed by atoms with E-state index in [-0.39, 0.29) is 18.0 Å². The topological polar surface area (TPSA) is 81.9 Å². The number of hydrogen-bond acceptors (Lipinski definition) is 5. The number of esters is 1. The number of nitrogens with two attached hydrogens (primary N) is 1. The molecule has 1 aliphatic heterocycles. The van der Waals surface area contributed by atoms with E-state index in [0.29, 0.717) is 32.5 Å². The SMILES string of the molecule is CCOC(=O)C(N)C1CCN(C(=O)OC(C)(C)C)CC1. The number of amides is 1. The van der Waals surface area contributed by atoms with Crippen LogP contribution in [0.2, 0.25) is 0 Å². The molecule has 6 heteroatoms. The zero-order chi connectivity index (χ0) is 15.3. The second-order valence-electron chi connectivity index (χ2n) is 6.08. The summed E-state index contributed by atoms with van der Waals surface area (Å²) in [4.78, 5) is 25.2. The van der Waals surface area contributed by atoms with Crippen LogP contribution in [0, 0.1) is 5.92 Å². The summed E-state index contributed by atoms with van der Waals surface area (Å²) in [7, 11) is 0. The van der Waals surface area contributed by atoms with Crippen LogP contribution in [0.1, 0.15) is 40.5 Å². The van der Waals surface area contributed by atoms with Crippen molar-refractivity contribution in [2.24, 2.45) is 11.7 Å². The van der Waals surface area contributed by atoms with Crippen LogP contribution >= 0.6 is 0 Å². The highest BCUT2D eigenvalue weighted by Gasteiger charge is 2.32. The fourth-order valence-electron chi connectivity index (χ4n) is 2.20. The van der Waals surface area contributed by atoms with Gasteiger partial charge >= 0.3 is 12.1 Å². The van der Waals surface area contributed by atoms with Gasteiger partial charge in [-0.25, -0.2) is 4.79 Å². The van der Waals surface area contributed by atoms with Gasteiger partial charge in [0.15, 0.2) is 0 Å². The number of nitrogens with zero attached hydrogens (tertiary/aromatic N) is 1. The van der Waals surface area contributed by atoms with Gasteiger partial charge in [0.25, 0.3) is 0 Å². The molecule has 0 aromatic carbocycles. The Morgan fingerprint density at radius 3 is 2.30 bits per heavy atom. The van der Waals surface area contributed by atoms with Gasteiger partial charge in [-0.3, -0.25) is 4.79 Å². The first-order valence-corrected chi connectivity index (χ1v) is 7.14. The molecular formula is C14H26N2O4. The van der Waals surface area contributed by atoms with Crippen LogP contribution in [0.4, 0.5) is 4.79 Å². The molecule has 1 unspecified atom stereocenters. The van der Waals surface area contributed by atoms with Gasteiger partial charge in [0, 0.05) is 13.1 Å². The number of rotatable bonds is 3. The molecule has 0 aliphatic carbocycles. The number of carbonyl (C=O) groups excluding carboxylic acids is 2. The predicted molar refractivity (Wildman–Crippen MR) is 75.1 cm³/mol. The van der Waals surface area contributed by atoms with Crippen molar-refractivity contribution in [2.75, 3.05) is 19.7 Å². The number of piperidine rings is 1. The van der Waals surface area contributed by atoms with Gasteiger partial charge in [-0.05, 0) is 46.5 Å². The highest BCUT2D eigenvalue weighted by atomic mass is 16.6. The zero-order valence-corrected chi connectivity index (χ0v) is 12.8. The van der Waals surface area contributed by atoms with Crippen LogP contribution in [0.15, 0.2) is 0 Å². The van der Waals surface area contributed by atoms with E-state index >= 15 is 0 Å². The summed E-state index contributed by atoms with van der Waals surface area (Å²) in [6.45, 7) is 8.75. The minimum absolute atomic E-state index is 0.0627. The summed E-state index contributed by atoms with van der Waals surface area (Å²) < 4.78 is 10.3. The second kappa shape index (κ2) is 6.92. The molecule has 116 valence electrons. The van der Waals surface area contributed by atoms with Crippen molar-refractivity contribution in [3.05, 3.63) is 0 Å². The van der Waals surface area contributed by atoms with Gasteiger partial charge in [0.05, 0.1) is 6.61 Å². The van der Waals surface area contributed by atoms with Crippen LogP contribution in [-0.2, 0) is 14.3 Å². The molecule has 0 saturated carbocycles. The maximum absolute atomic E-state index is 11.9. The first-order valence-electron chi connectivity index (χ1n) is 7.14. The van der Waals surface area contributed by atoms with Crippen molar-refractivity contribution in [2.45, 2.75) is 52.2 Å². The number of ether oxygens (including phenoxy) is 2. The summed E-state index contributed by atoms with van der Waals surface area (Å²) in [6, 6.07) is -0.601. The predicted octanol–water partition coefficient (Wildman–Crippen LogP) is 1.52. The fraction of sp³-hybridized carbons (Fsp3) is 0.857. The van der Waals surface area contributed by atoms with Gasteiger partial charge in [-0.15, -0.1) is 0 Å². The molecule has 0 radical (unpaired) electrons. The number of likely N-dealkylation sites (tertiary alicyclic amines) is 1. The van der Waals surface area contributed by atoms with Crippen molar-refractivity contribution in [3.8, 4) is 0 Å². The standard InChI is InChI=1S/C14H26N2O4/c1-5-19-12(17)11(15)10-6-8-16(9-7-10)13(18)20-14(2,3)4/h10-11H,5-9,15H2,1-4H3. The van der Waals surface area contributed by atoms with Crippen LogP contribution in [0.25, 0.3) is 0 Å². The molecule has 1 rings (SSSR count). The van der Waals surface area contributed by atoms with Crippen molar-refractivity contribution in [1.29, 1.82) is 0 Å². The minimum Gasteiger partial charge on any atom is -0.465 e. The first kappa shape index (κ1) is 16.8. The fourth-order valence-corrected chi connectivity index (χ4v) is 2.20. The third-order valence-corrected chi connectivity index (χ3v) is 3.26. The average molecular weight is 286 g/mol. The molecule has 1 atom stereocenters. The van der Waals surface area contributed by atoms with Crippen molar-refractivity contribution in [3.63, 3.8) is 0 Å². The monoisotopic (exact) mass is 286 g/mol. The van der Waals surface area contributed by atoms with Crippen molar-refractivity contribution in [1.82, 2.24) is 4.90 Å². The maximum atomic E-state index is 11.9. The number of hydrogen-bond donors (Lipinski definition) is 1. The lowest BCUT2D eigenvalue weighted by Gasteiger charge is -2.34. The molecule has 0 spiro atoms. The lowest BCUT2D eigenvalue weighted by Crippen LogP contribution is -2.47. The van der Waals surface area contributed by atoms with E-state index in [1.807, 2.05) is 20.8 Å². The van der Waals surface area contributed by atoms with Crippen molar-refractivity contribution < 1.29 is 19.1 Å². The summed E-state index contributed by atoms with van der Waals surface area (Å²) in [6.07, 6.45) is 1.08. The minimum atomic E-state index is -0.601. The highest BCUT2D eigenvalue weighted by molar-refractivity contribution is 5.76. The van der Waals surface area contributed by atoms with Crippen LogP contribution in [-0.4, -0.2) is 48.3 Å². The second-order valence-corrected chi connectivity index (χ2v) is 6.08. The van der Waals surface area contributed by atoms with E-state index in [9.17, 15) is 9.59 Å². The van der Waals surface area contributed by atoms with Gasteiger partial charge in [0.2, 0.25) is 0 Å². The Bertz CT molecular complexity index is 344. The van der Waals surface area contributed by atoms with E-state index < -0.39 is 11.6 Å². The third kappa shape index (κ3) is 5.00. The molecule has 1 aliphatic rings. The van der Waals surface area contributed by atoms with E-state index in [1.54, 1.807) is 11.8 Å². The third-order valence-electron chi connectivity index (χ3n) is 3.26. The van der Waals surface area contributed by atoms with Gasteiger partial charge in [-0.2, -0.15) is 0 Å². The lowest BCUT2D eigenvalue weighted by atomic mass is 9.90. The van der Waals surface area contributed by atoms with Crippen LogP contribution in [0.3, 0.4) is 0 Å². The lowest BCUT2D eigenvalue weighted by molar-refractivity contribution is -0.146. The highest BCUT2D eigenvalue weighted by Crippen LogP contribution is 2.22. The Morgan fingerprint density at radius 2 is 1.85 bits per heavy atom. The van der Waals surface area contributed by atoms with E-state index in [4.69, 9.17) is 15.2 Å². The van der Waals surface area contributed by atoms with Crippen LogP contribution in [0.5, 0.6) is 0 Å². The molecule has 1 heterocycles. The van der Waals surface area contributed by atoms with Gasteiger partial charge in [0.1, 0.15) is 11.6 Å². The van der Waals surface area contributed by atoms with E-state index in [0.717, 1.165) is 0 Å². The summed E-state index contributed by atoms with van der Waals surface area (Å²) in [5, 5.41) is 0. The Morgan fingerprint density at radius 1 is 1.30 bits per heavy atom. The molecule has 20 heavy (non-hydrogen) atoms. The van der Waals surface area contributed by atoms with Gasteiger partial charge in [-0.1, -0.05) is 0 Å². The molecule has 1 amide bonds. The summed E-state index contributed by atoms with van der Waals surface area (Å²) in [5.41, 5.74) is 5.40. The Labute approximate surface area is 120 Å². The smallest absolute Gasteiger partial charge is 0.410 e. The molecule has 1 saturated heterocycles. The zero-order valence-electron chi connectivity index (χ0n) is 12.8. The average Bonchev–Trinajstić information content (AvgIpc) is 2.36. The van der Waals surface area contributed by atoms with Crippen LogP contribution < -0.4 is 5.73 Å². The molecule has 0 bridgehead atoms. The summed E-state index contributed by atoms with van der Waals surface area (Å²) >= 11 is 0. The number of carbonyl (C=O) groups is 2. The molecule has 0 aromatic rings. The molecule has 6 nitrogen and oxygen atoms in total. The normalized spacial score (nSPS) is 18.6.